The smallest absolute Gasteiger partial charge is 0.417 e. The first kappa shape index (κ1) is 13.7. The normalized spacial score (nSPS) is 12.3. The second-order valence-electron chi connectivity index (χ2n) is 2.71. The lowest BCUT2D eigenvalue weighted by Gasteiger charge is -2.12. The minimum absolute atomic E-state index is 0.964. The van der Waals surface area contributed by atoms with Crippen molar-refractivity contribution in [2.75, 3.05) is 20.0 Å². The van der Waals surface area contributed by atoms with Gasteiger partial charge >= 0.3 is 11.9 Å². The van der Waals surface area contributed by atoms with Gasteiger partial charge in [-0.1, -0.05) is 0 Å². The first-order valence-corrected chi connectivity index (χ1v) is 4.14. The molecule has 0 saturated heterocycles. The highest BCUT2D eigenvalue weighted by molar-refractivity contribution is 6.29. The minimum atomic E-state index is -1.62. The molecule has 1 atom stereocenters. The third kappa shape index (κ3) is 5.24. The molecular weight excluding hydrogens is 217 g/mol. The number of halogens is 3. The van der Waals surface area contributed by atoms with Crippen LogP contribution in [-0.4, -0.2) is 44.2 Å². The van der Waals surface area contributed by atoms with Crippen LogP contribution in [-0.2, 0) is 19.1 Å². The molecular formula is C8H11F3O4. The van der Waals surface area contributed by atoms with E-state index in [4.69, 9.17) is 0 Å². The number of hydrogen-bond donors (Lipinski definition) is 0. The van der Waals surface area contributed by atoms with Gasteiger partial charge in [-0.05, 0) is 6.92 Å². The number of alkyl halides is 3. The molecule has 0 aromatic heterocycles. The van der Waals surface area contributed by atoms with Gasteiger partial charge in [-0.15, -0.1) is 0 Å². The Morgan fingerprint density at radius 2 is 1.47 bits per heavy atom. The molecule has 0 aliphatic rings. The van der Waals surface area contributed by atoms with Crippen LogP contribution >= 0.6 is 0 Å². The van der Waals surface area contributed by atoms with Crippen LogP contribution < -0.4 is 0 Å². The van der Waals surface area contributed by atoms with Crippen LogP contribution in [0.15, 0.2) is 0 Å². The van der Waals surface area contributed by atoms with Crippen molar-refractivity contribution >= 4 is 11.9 Å². The maximum atomic E-state index is 11.9. The Balaban J connectivity index is 4.04. The van der Waals surface area contributed by atoms with Gasteiger partial charge in [0, 0.05) is 0 Å². The highest BCUT2D eigenvalue weighted by Crippen LogP contribution is 1.99. The molecule has 0 radical (unpaired) electrons. The van der Waals surface area contributed by atoms with Crippen molar-refractivity contribution in [3.05, 3.63) is 0 Å². The van der Waals surface area contributed by atoms with Crippen molar-refractivity contribution < 1.29 is 32.2 Å². The Bertz CT molecular complexity index is 218. The Kier molecular flexibility index (Phi) is 6.48. The SMILES string of the molecule is CC(CF)OC(=O)C(=O)OC(CF)CF. The van der Waals surface area contributed by atoms with Gasteiger partial charge in [-0.25, -0.2) is 22.8 Å². The summed E-state index contributed by atoms with van der Waals surface area (Å²) in [5.41, 5.74) is 0. The lowest BCUT2D eigenvalue weighted by Crippen LogP contribution is -2.31. The first-order valence-electron chi connectivity index (χ1n) is 4.14. The van der Waals surface area contributed by atoms with E-state index in [0.29, 0.717) is 0 Å². The molecule has 0 fully saturated rings. The summed E-state index contributed by atoms with van der Waals surface area (Å²) in [5.74, 6) is -3.00. The molecule has 7 heteroatoms. The maximum absolute atomic E-state index is 11.9. The summed E-state index contributed by atoms with van der Waals surface area (Å²) in [6.45, 7) is -2.23. The summed E-state index contributed by atoms with van der Waals surface area (Å²) in [4.78, 5) is 21.5. The third-order valence-electron chi connectivity index (χ3n) is 1.31. The fourth-order valence-corrected chi connectivity index (χ4v) is 0.566. The van der Waals surface area contributed by atoms with E-state index >= 15 is 0 Å². The Hall–Kier alpha value is -1.27. The van der Waals surface area contributed by atoms with Crippen LogP contribution in [0.5, 0.6) is 0 Å². The summed E-state index contributed by atoms with van der Waals surface area (Å²) in [6.07, 6.45) is -2.72. The minimum Gasteiger partial charge on any atom is -0.451 e. The van der Waals surface area contributed by atoms with E-state index in [1.165, 1.54) is 6.92 Å². The van der Waals surface area contributed by atoms with E-state index in [9.17, 15) is 22.8 Å². The summed E-state index contributed by atoms with van der Waals surface area (Å²) < 4.78 is 43.9. The predicted octanol–water partition coefficient (Wildman–Crippen LogP) is 0.738. The van der Waals surface area contributed by atoms with Gasteiger partial charge in [0.15, 0.2) is 6.10 Å². The van der Waals surface area contributed by atoms with E-state index in [-0.39, 0.29) is 0 Å². The van der Waals surface area contributed by atoms with E-state index < -0.39 is 44.2 Å². The number of hydrogen-bond acceptors (Lipinski definition) is 4. The zero-order valence-corrected chi connectivity index (χ0v) is 8.04. The van der Waals surface area contributed by atoms with Crippen molar-refractivity contribution in [3.63, 3.8) is 0 Å². The summed E-state index contributed by atoms with van der Waals surface area (Å²) in [7, 11) is 0. The maximum Gasteiger partial charge on any atom is 0.417 e. The van der Waals surface area contributed by atoms with Gasteiger partial charge in [0.05, 0.1) is 0 Å². The average molecular weight is 228 g/mol. The van der Waals surface area contributed by atoms with Crippen molar-refractivity contribution in [3.8, 4) is 0 Å². The molecule has 0 N–H and O–H groups in total. The second-order valence-corrected chi connectivity index (χ2v) is 2.71. The number of ether oxygens (including phenoxy) is 2. The van der Waals surface area contributed by atoms with Crippen LogP contribution in [0.2, 0.25) is 0 Å². The van der Waals surface area contributed by atoms with Crippen molar-refractivity contribution in [1.29, 1.82) is 0 Å². The van der Waals surface area contributed by atoms with Gasteiger partial charge in [-0.2, -0.15) is 0 Å². The molecule has 0 aromatic rings. The van der Waals surface area contributed by atoms with Crippen LogP contribution in [0.25, 0.3) is 0 Å². The molecule has 4 nitrogen and oxygen atoms in total. The van der Waals surface area contributed by atoms with Crippen molar-refractivity contribution in [1.82, 2.24) is 0 Å². The van der Waals surface area contributed by atoms with E-state index in [2.05, 4.69) is 9.47 Å². The molecule has 88 valence electrons. The van der Waals surface area contributed by atoms with Gasteiger partial charge in [0.2, 0.25) is 0 Å². The zero-order chi connectivity index (χ0) is 11.8. The van der Waals surface area contributed by atoms with Crippen LogP contribution in [0.1, 0.15) is 6.92 Å². The lowest BCUT2D eigenvalue weighted by molar-refractivity contribution is -0.174. The molecule has 0 amide bonds. The summed E-state index contributed by atoms with van der Waals surface area (Å²) in [6, 6.07) is 0. The van der Waals surface area contributed by atoms with Crippen LogP contribution in [0.3, 0.4) is 0 Å². The number of carbonyl (C=O) groups is 2. The summed E-state index contributed by atoms with van der Waals surface area (Å²) >= 11 is 0. The summed E-state index contributed by atoms with van der Waals surface area (Å²) in [5, 5.41) is 0. The molecule has 0 aliphatic heterocycles. The molecule has 0 saturated carbocycles. The molecule has 0 spiro atoms. The monoisotopic (exact) mass is 228 g/mol. The van der Waals surface area contributed by atoms with E-state index in [1.54, 1.807) is 0 Å². The molecule has 1 unspecified atom stereocenters. The zero-order valence-electron chi connectivity index (χ0n) is 8.04. The molecule has 0 heterocycles. The highest BCUT2D eigenvalue weighted by Gasteiger charge is 2.24. The van der Waals surface area contributed by atoms with Gasteiger partial charge in [0.1, 0.15) is 26.1 Å². The topological polar surface area (TPSA) is 52.6 Å². The Morgan fingerprint density at radius 1 is 1.00 bits per heavy atom. The largest absolute Gasteiger partial charge is 0.451 e. The van der Waals surface area contributed by atoms with E-state index in [0.717, 1.165) is 0 Å². The van der Waals surface area contributed by atoms with Gasteiger partial charge in [0.25, 0.3) is 0 Å². The van der Waals surface area contributed by atoms with Gasteiger partial charge in [-0.3, -0.25) is 0 Å². The average Bonchev–Trinajstić information content (AvgIpc) is 2.24. The van der Waals surface area contributed by atoms with Gasteiger partial charge < -0.3 is 9.47 Å². The third-order valence-corrected chi connectivity index (χ3v) is 1.31. The van der Waals surface area contributed by atoms with Crippen molar-refractivity contribution in [2.24, 2.45) is 0 Å². The lowest BCUT2D eigenvalue weighted by atomic mass is 10.4. The highest BCUT2D eigenvalue weighted by atomic mass is 19.1. The molecule has 0 aromatic carbocycles. The molecule has 0 aliphatic carbocycles. The molecule has 15 heavy (non-hydrogen) atoms. The molecule has 0 bridgehead atoms. The van der Waals surface area contributed by atoms with Crippen molar-refractivity contribution in [2.45, 2.75) is 19.1 Å². The Morgan fingerprint density at radius 3 is 1.87 bits per heavy atom. The number of carbonyl (C=O) groups excluding carboxylic acids is 2. The fraction of sp³-hybridized carbons (Fsp3) is 0.750. The quantitative estimate of drug-likeness (QED) is 0.514. The number of esters is 2. The molecule has 0 rings (SSSR count). The number of rotatable bonds is 5. The first-order chi connectivity index (χ1) is 7.04. The van der Waals surface area contributed by atoms with E-state index in [1.807, 2.05) is 0 Å². The van der Waals surface area contributed by atoms with Crippen LogP contribution in [0.4, 0.5) is 13.2 Å². The standard InChI is InChI=1S/C8H11F3O4/c1-5(2-9)14-7(12)8(13)15-6(3-10)4-11/h5-6H,2-4H2,1H3. The second kappa shape index (κ2) is 7.08. The Labute approximate surface area is 84.3 Å². The van der Waals surface area contributed by atoms with Crippen LogP contribution in [0, 0.1) is 0 Å². The fourth-order valence-electron chi connectivity index (χ4n) is 0.566. The predicted molar refractivity (Wildman–Crippen MR) is 43.4 cm³/mol.